The number of anilines is 1. The van der Waals surface area contributed by atoms with Gasteiger partial charge in [-0.05, 0) is 75.6 Å². The van der Waals surface area contributed by atoms with Gasteiger partial charge in [-0.25, -0.2) is 4.79 Å². The summed E-state index contributed by atoms with van der Waals surface area (Å²) in [4.78, 5) is 24.9. The predicted octanol–water partition coefficient (Wildman–Crippen LogP) is 5.29. The third kappa shape index (κ3) is 5.58. The van der Waals surface area contributed by atoms with Gasteiger partial charge in [0, 0.05) is 11.6 Å². The van der Waals surface area contributed by atoms with Crippen molar-refractivity contribution in [2.45, 2.75) is 66.4 Å². The van der Waals surface area contributed by atoms with Crippen LogP contribution in [0.1, 0.15) is 71.2 Å². The minimum atomic E-state index is -0.520. The molecule has 0 heterocycles. The van der Waals surface area contributed by atoms with Crippen LogP contribution in [0.4, 0.5) is 5.69 Å². The average Bonchev–Trinajstić information content (AvgIpc) is 2.53. The molecule has 1 aliphatic rings. The van der Waals surface area contributed by atoms with Gasteiger partial charge in [0.1, 0.15) is 5.60 Å². The van der Waals surface area contributed by atoms with Crippen molar-refractivity contribution in [1.82, 2.24) is 0 Å². The summed E-state index contributed by atoms with van der Waals surface area (Å²) < 4.78 is 5.37. The first-order chi connectivity index (χ1) is 12.1. The van der Waals surface area contributed by atoms with Crippen LogP contribution < -0.4 is 5.32 Å². The van der Waals surface area contributed by atoms with Crippen molar-refractivity contribution in [3.63, 3.8) is 0 Å². The van der Waals surface area contributed by atoms with E-state index in [2.05, 4.69) is 26.1 Å². The fourth-order valence-corrected chi connectivity index (χ4v) is 3.77. The smallest absolute Gasteiger partial charge is 0.338 e. The standard InChI is InChI=1S/C22H33NO3/c1-14(2)18-12-7-15(3)13-19(18)20(24)23-17-10-8-16(9-11-17)21(25)26-22(4,5)6/h8-11,14-15,18-19H,7,12-13H2,1-6H3,(H,23,24)/t15-,18+,19-/m1/s1. The molecule has 0 unspecified atom stereocenters. The summed E-state index contributed by atoms with van der Waals surface area (Å²) >= 11 is 0. The monoisotopic (exact) mass is 359 g/mol. The van der Waals surface area contributed by atoms with E-state index >= 15 is 0 Å². The van der Waals surface area contributed by atoms with Crippen LogP contribution in [0.15, 0.2) is 24.3 Å². The van der Waals surface area contributed by atoms with Crippen LogP contribution in [0.3, 0.4) is 0 Å². The molecule has 4 heteroatoms. The molecule has 1 amide bonds. The van der Waals surface area contributed by atoms with E-state index in [1.54, 1.807) is 24.3 Å². The zero-order chi connectivity index (χ0) is 19.5. The maximum Gasteiger partial charge on any atom is 0.338 e. The highest BCUT2D eigenvalue weighted by atomic mass is 16.6. The van der Waals surface area contributed by atoms with Crippen molar-refractivity contribution in [1.29, 1.82) is 0 Å². The summed E-state index contributed by atoms with van der Waals surface area (Å²) in [6.45, 7) is 12.2. The van der Waals surface area contributed by atoms with Gasteiger partial charge in [-0.2, -0.15) is 0 Å². The van der Waals surface area contributed by atoms with E-state index < -0.39 is 5.60 Å². The number of amides is 1. The second-order valence-electron chi connectivity index (χ2n) is 9.00. The molecule has 1 aromatic carbocycles. The molecule has 4 nitrogen and oxygen atoms in total. The van der Waals surface area contributed by atoms with Crippen LogP contribution in [0.25, 0.3) is 0 Å². The maximum atomic E-state index is 12.8. The summed E-state index contributed by atoms with van der Waals surface area (Å²) in [5, 5.41) is 3.04. The number of hydrogen-bond acceptors (Lipinski definition) is 3. The minimum absolute atomic E-state index is 0.0595. The molecule has 26 heavy (non-hydrogen) atoms. The Kier molecular flexibility index (Phi) is 6.48. The molecule has 0 saturated heterocycles. The van der Waals surface area contributed by atoms with E-state index in [1.807, 2.05) is 20.8 Å². The largest absolute Gasteiger partial charge is 0.456 e. The molecule has 1 saturated carbocycles. The fourth-order valence-electron chi connectivity index (χ4n) is 3.77. The molecule has 144 valence electrons. The van der Waals surface area contributed by atoms with Gasteiger partial charge in [0.2, 0.25) is 5.91 Å². The Bertz CT molecular complexity index is 628. The van der Waals surface area contributed by atoms with Gasteiger partial charge in [0.05, 0.1) is 5.56 Å². The van der Waals surface area contributed by atoms with Crippen molar-refractivity contribution >= 4 is 17.6 Å². The normalized spacial score (nSPS) is 23.6. The summed E-state index contributed by atoms with van der Waals surface area (Å²) in [5.74, 6) is 1.34. The zero-order valence-electron chi connectivity index (χ0n) is 17.0. The van der Waals surface area contributed by atoms with Crippen LogP contribution in [0, 0.1) is 23.7 Å². The average molecular weight is 360 g/mol. The van der Waals surface area contributed by atoms with Crippen molar-refractivity contribution in [2.24, 2.45) is 23.7 Å². The van der Waals surface area contributed by atoms with E-state index in [9.17, 15) is 9.59 Å². The zero-order valence-corrected chi connectivity index (χ0v) is 17.0. The molecule has 0 spiro atoms. The molecule has 2 rings (SSSR count). The fraction of sp³-hybridized carbons (Fsp3) is 0.636. The van der Waals surface area contributed by atoms with Crippen LogP contribution in [-0.2, 0) is 9.53 Å². The topological polar surface area (TPSA) is 55.4 Å². The second-order valence-corrected chi connectivity index (χ2v) is 9.00. The number of carbonyl (C=O) groups is 2. The summed E-state index contributed by atoms with van der Waals surface area (Å²) in [6.07, 6.45) is 3.27. The van der Waals surface area contributed by atoms with Gasteiger partial charge in [-0.3, -0.25) is 4.79 Å². The molecular formula is C22H33NO3. The lowest BCUT2D eigenvalue weighted by atomic mass is 9.70. The third-order valence-electron chi connectivity index (χ3n) is 5.15. The highest BCUT2D eigenvalue weighted by molar-refractivity contribution is 5.94. The van der Waals surface area contributed by atoms with E-state index in [-0.39, 0.29) is 17.8 Å². The third-order valence-corrected chi connectivity index (χ3v) is 5.15. The first kappa shape index (κ1) is 20.5. The Balaban J connectivity index is 2.03. The predicted molar refractivity (Wildman–Crippen MR) is 105 cm³/mol. The van der Waals surface area contributed by atoms with Gasteiger partial charge in [0.25, 0.3) is 0 Å². The van der Waals surface area contributed by atoms with E-state index in [0.717, 1.165) is 18.5 Å². The first-order valence-corrected chi connectivity index (χ1v) is 9.71. The molecule has 1 aliphatic carbocycles. The quantitative estimate of drug-likeness (QED) is 0.743. The van der Waals surface area contributed by atoms with Crippen LogP contribution >= 0.6 is 0 Å². The summed E-state index contributed by atoms with van der Waals surface area (Å²) in [6, 6.07) is 6.95. The SMILES string of the molecule is CC(C)[C@@H]1CC[C@@H](C)C[C@H]1C(=O)Nc1ccc(C(=O)OC(C)(C)C)cc1. The van der Waals surface area contributed by atoms with E-state index in [4.69, 9.17) is 4.74 Å². The first-order valence-electron chi connectivity index (χ1n) is 9.71. The van der Waals surface area contributed by atoms with Crippen molar-refractivity contribution in [2.75, 3.05) is 5.32 Å². The minimum Gasteiger partial charge on any atom is -0.456 e. The molecule has 1 N–H and O–H groups in total. The lowest BCUT2D eigenvalue weighted by Gasteiger charge is -2.36. The molecule has 3 atom stereocenters. The van der Waals surface area contributed by atoms with Gasteiger partial charge in [0.15, 0.2) is 0 Å². The van der Waals surface area contributed by atoms with Gasteiger partial charge in [-0.15, -0.1) is 0 Å². The van der Waals surface area contributed by atoms with Crippen LogP contribution in [0.5, 0.6) is 0 Å². The Morgan fingerprint density at radius 1 is 1.12 bits per heavy atom. The number of hydrogen-bond donors (Lipinski definition) is 1. The molecule has 1 aromatic rings. The van der Waals surface area contributed by atoms with Crippen LogP contribution in [-0.4, -0.2) is 17.5 Å². The van der Waals surface area contributed by atoms with Crippen molar-refractivity contribution in [3.05, 3.63) is 29.8 Å². The van der Waals surface area contributed by atoms with Gasteiger partial charge >= 0.3 is 5.97 Å². The Hall–Kier alpha value is -1.84. The van der Waals surface area contributed by atoms with E-state index in [0.29, 0.717) is 23.3 Å². The maximum absolute atomic E-state index is 12.8. The highest BCUT2D eigenvalue weighted by Gasteiger charge is 2.35. The molecule has 0 bridgehead atoms. The van der Waals surface area contributed by atoms with Gasteiger partial charge in [-0.1, -0.05) is 27.2 Å². The number of rotatable bonds is 4. The van der Waals surface area contributed by atoms with Crippen molar-refractivity contribution in [3.8, 4) is 0 Å². The van der Waals surface area contributed by atoms with Gasteiger partial charge < -0.3 is 10.1 Å². The Labute approximate surface area is 157 Å². The highest BCUT2D eigenvalue weighted by Crippen LogP contribution is 2.38. The molecular weight excluding hydrogens is 326 g/mol. The Morgan fingerprint density at radius 3 is 2.27 bits per heavy atom. The number of ether oxygens (including phenoxy) is 1. The van der Waals surface area contributed by atoms with E-state index in [1.165, 1.54) is 6.42 Å². The second kappa shape index (κ2) is 8.24. The molecule has 0 aromatic heterocycles. The number of esters is 1. The lowest BCUT2D eigenvalue weighted by Crippen LogP contribution is -2.36. The van der Waals surface area contributed by atoms with Crippen LogP contribution in [0.2, 0.25) is 0 Å². The lowest BCUT2D eigenvalue weighted by molar-refractivity contribution is -0.124. The number of nitrogens with one attached hydrogen (secondary N) is 1. The Morgan fingerprint density at radius 2 is 1.73 bits per heavy atom. The number of carbonyl (C=O) groups excluding carboxylic acids is 2. The summed E-state index contributed by atoms with van der Waals surface area (Å²) in [7, 11) is 0. The number of benzene rings is 1. The molecule has 0 radical (unpaired) electrons. The molecule has 1 fully saturated rings. The molecule has 0 aliphatic heterocycles. The summed E-state index contributed by atoms with van der Waals surface area (Å²) in [5.41, 5.74) is 0.695. The van der Waals surface area contributed by atoms with Crippen molar-refractivity contribution < 1.29 is 14.3 Å².